The third-order valence-electron chi connectivity index (χ3n) is 4.87. The maximum Gasteiger partial charge on any atom is 0.193 e. The van der Waals surface area contributed by atoms with Crippen LogP contribution in [0.2, 0.25) is 0 Å². The number of halogens is 1. The first kappa shape index (κ1) is 20.4. The van der Waals surface area contributed by atoms with Crippen LogP contribution in [0.4, 0.5) is 0 Å². The topological polar surface area (TPSA) is 66.3 Å². The van der Waals surface area contributed by atoms with Gasteiger partial charge in [-0.3, -0.25) is 4.99 Å². The van der Waals surface area contributed by atoms with E-state index in [1.54, 1.807) is 14.2 Å². The first-order valence-electron chi connectivity index (χ1n) is 8.53. The van der Waals surface area contributed by atoms with E-state index >= 15 is 0 Å². The van der Waals surface area contributed by atoms with Gasteiger partial charge in [0.05, 0.1) is 25.9 Å². The summed E-state index contributed by atoms with van der Waals surface area (Å²) in [6.07, 6.45) is 1.71. The highest BCUT2D eigenvalue weighted by Gasteiger charge is 2.36. The molecule has 2 N–H and O–H groups in total. The molecule has 6 nitrogen and oxygen atoms in total. The Bertz CT molecular complexity index is 597. The standard InChI is InChI=1S/C18H27N3O3.HI/c1-19-17(21-9-10-24-15(11-21)12-23-2)20-13-18(22)8-7-14-5-3-4-6-16(14)18;/h3-6,15,22H,7-13H2,1-2H3,(H,19,20);1H. The lowest BCUT2D eigenvalue weighted by Gasteiger charge is -2.36. The van der Waals surface area contributed by atoms with Crippen molar-refractivity contribution in [1.82, 2.24) is 10.2 Å². The first-order valence-corrected chi connectivity index (χ1v) is 8.53. The fraction of sp³-hybridized carbons (Fsp3) is 0.611. The van der Waals surface area contributed by atoms with Crippen molar-refractivity contribution in [3.8, 4) is 0 Å². The van der Waals surface area contributed by atoms with Gasteiger partial charge in [-0.15, -0.1) is 24.0 Å². The summed E-state index contributed by atoms with van der Waals surface area (Å²) < 4.78 is 10.9. The van der Waals surface area contributed by atoms with Gasteiger partial charge >= 0.3 is 0 Å². The van der Waals surface area contributed by atoms with Crippen molar-refractivity contribution in [2.45, 2.75) is 24.5 Å². The number of hydrogen-bond donors (Lipinski definition) is 2. The molecule has 3 rings (SSSR count). The number of nitrogens with one attached hydrogen (secondary N) is 1. The van der Waals surface area contributed by atoms with E-state index in [0.29, 0.717) is 19.8 Å². The van der Waals surface area contributed by atoms with Crippen LogP contribution in [0, 0.1) is 0 Å². The maximum atomic E-state index is 11.0. The molecule has 2 unspecified atom stereocenters. The van der Waals surface area contributed by atoms with Crippen LogP contribution in [0.3, 0.4) is 0 Å². The summed E-state index contributed by atoms with van der Waals surface area (Å²) in [6, 6.07) is 8.14. The van der Waals surface area contributed by atoms with Crippen LogP contribution in [0.25, 0.3) is 0 Å². The van der Waals surface area contributed by atoms with Gasteiger partial charge in [-0.2, -0.15) is 0 Å². The van der Waals surface area contributed by atoms with Crippen molar-refractivity contribution < 1.29 is 14.6 Å². The molecule has 2 aliphatic rings. The maximum absolute atomic E-state index is 11.0. The predicted octanol–water partition coefficient (Wildman–Crippen LogP) is 1.36. The van der Waals surface area contributed by atoms with Crippen molar-refractivity contribution in [2.24, 2.45) is 4.99 Å². The first-order chi connectivity index (χ1) is 11.7. The molecule has 140 valence electrons. The normalized spacial score (nSPS) is 26.1. The summed E-state index contributed by atoms with van der Waals surface area (Å²) in [4.78, 5) is 6.54. The lowest BCUT2D eigenvalue weighted by atomic mass is 9.96. The van der Waals surface area contributed by atoms with Crippen molar-refractivity contribution in [1.29, 1.82) is 0 Å². The smallest absolute Gasteiger partial charge is 0.193 e. The zero-order valence-corrected chi connectivity index (χ0v) is 17.2. The summed E-state index contributed by atoms with van der Waals surface area (Å²) >= 11 is 0. The highest BCUT2D eigenvalue weighted by atomic mass is 127. The molecule has 0 spiro atoms. The Balaban J connectivity index is 0.00000225. The third-order valence-corrected chi connectivity index (χ3v) is 4.87. The summed E-state index contributed by atoms with van der Waals surface area (Å²) in [5.41, 5.74) is 1.44. The number of methoxy groups -OCH3 is 1. The SMILES string of the molecule is CN=C(NCC1(O)CCc2ccccc21)N1CCOC(COC)C1.I. The van der Waals surface area contributed by atoms with Gasteiger partial charge in [0.1, 0.15) is 5.60 Å². The molecule has 1 fully saturated rings. The van der Waals surface area contributed by atoms with Gasteiger partial charge in [0.2, 0.25) is 0 Å². The Morgan fingerprint density at radius 2 is 2.28 bits per heavy atom. The monoisotopic (exact) mass is 461 g/mol. The molecular weight excluding hydrogens is 433 g/mol. The third kappa shape index (κ3) is 4.64. The summed E-state index contributed by atoms with van der Waals surface area (Å²) in [5, 5.41) is 14.4. The van der Waals surface area contributed by atoms with Gasteiger partial charge in [-0.05, 0) is 24.0 Å². The number of rotatable bonds is 4. The van der Waals surface area contributed by atoms with E-state index in [2.05, 4.69) is 21.3 Å². The minimum absolute atomic E-state index is 0. The molecule has 1 aliphatic heterocycles. The van der Waals surface area contributed by atoms with E-state index in [1.807, 2.05) is 18.2 Å². The molecule has 1 saturated heterocycles. The average Bonchev–Trinajstić information content (AvgIpc) is 2.94. The Morgan fingerprint density at radius 1 is 1.48 bits per heavy atom. The minimum Gasteiger partial charge on any atom is -0.383 e. The molecule has 0 bridgehead atoms. The number of hydrogen-bond acceptors (Lipinski definition) is 4. The average molecular weight is 461 g/mol. The number of aryl methyl sites for hydroxylation is 1. The van der Waals surface area contributed by atoms with Crippen molar-refractivity contribution in [2.75, 3.05) is 47.0 Å². The molecule has 0 aromatic heterocycles. The van der Waals surface area contributed by atoms with Crippen molar-refractivity contribution in [3.05, 3.63) is 35.4 Å². The Hall–Kier alpha value is -0.900. The predicted molar refractivity (Wildman–Crippen MR) is 109 cm³/mol. The second-order valence-electron chi connectivity index (χ2n) is 6.48. The van der Waals surface area contributed by atoms with E-state index in [0.717, 1.165) is 37.5 Å². The van der Waals surface area contributed by atoms with E-state index in [4.69, 9.17) is 9.47 Å². The molecule has 0 radical (unpaired) electrons. The highest BCUT2D eigenvalue weighted by molar-refractivity contribution is 14.0. The zero-order valence-electron chi connectivity index (χ0n) is 14.9. The van der Waals surface area contributed by atoms with Gasteiger partial charge < -0.3 is 24.8 Å². The van der Waals surface area contributed by atoms with E-state index in [-0.39, 0.29) is 30.1 Å². The van der Waals surface area contributed by atoms with Crippen LogP contribution in [-0.2, 0) is 21.5 Å². The largest absolute Gasteiger partial charge is 0.383 e. The van der Waals surface area contributed by atoms with Crippen molar-refractivity contribution in [3.63, 3.8) is 0 Å². The van der Waals surface area contributed by atoms with Crippen LogP contribution >= 0.6 is 24.0 Å². The van der Waals surface area contributed by atoms with Crippen LogP contribution < -0.4 is 5.32 Å². The second kappa shape index (κ2) is 9.16. The number of nitrogens with zero attached hydrogens (tertiary/aromatic N) is 2. The van der Waals surface area contributed by atoms with Gasteiger partial charge in [-0.1, -0.05) is 24.3 Å². The van der Waals surface area contributed by atoms with E-state index in [9.17, 15) is 5.11 Å². The highest BCUT2D eigenvalue weighted by Crippen LogP contribution is 2.36. The molecular formula is C18H28IN3O3. The number of guanidine groups is 1. The Labute approximate surface area is 166 Å². The Kier molecular flexibility index (Phi) is 7.48. The number of ether oxygens (including phenoxy) is 2. The molecule has 2 atom stereocenters. The molecule has 1 aromatic carbocycles. The minimum atomic E-state index is -0.829. The molecule has 0 saturated carbocycles. The number of aliphatic imine (C=N–C) groups is 1. The summed E-state index contributed by atoms with van der Waals surface area (Å²) in [5.74, 6) is 0.803. The fourth-order valence-corrected chi connectivity index (χ4v) is 3.61. The zero-order chi connectivity index (χ0) is 17.0. The van der Waals surface area contributed by atoms with Crippen LogP contribution in [-0.4, -0.2) is 69.1 Å². The Morgan fingerprint density at radius 3 is 3.04 bits per heavy atom. The number of morpholine rings is 1. The fourth-order valence-electron chi connectivity index (χ4n) is 3.61. The molecule has 25 heavy (non-hydrogen) atoms. The van der Waals surface area contributed by atoms with Crippen LogP contribution in [0.15, 0.2) is 29.3 Å². The van der Waals surface area contributed by atoms with Gasteiger partial charge in [0.25, 0.3) is 0 Å². The number of benzene rings is 1. The molecule has 1 heterocycles. The molecule has 0 amide bonds. The van der Waals surface area contributed by atoms with E-state index in [1.165, 1.54) is 5.56 Å². The van der Waals surface area contributed by atoms with Crippen LogP contribution in [0.1, 0.15) is 17.5 Å². The quantitative estimate of drug-likeness (QED) is 0.403. The van der Waals surface area contributed by atoms with Gasteiger partial charge in [0, 0.05) is 27.2 Å². The lowest BCUT2D eigenvalue weighted by molar-refractivity contribution is -0.0451. The lowest BCUT2D eigenvalue weighted by Crippen LogP contribution is -2.53. The number of fused-ring (bicyclic) bond motifs is 1. The van der Waals surface area contributed by atoms with E-state index < -0.39 is 5.60 Å². The summed E-state index contributed by atoms with van der Waals surface area (Å²) in [7, 11) is 3.46. The second-order valence-corrected chi connectivity index (χ2v) is 6.48. The van der Waals surface area contributed by atoms with Gasteiger partial charge in [0.15, 0.2) is 5.96 Å². The molecule has 1 aromatic rings. The molecule has 7 heteroatoms. The van der Waals surface area contributed by atoms with Crippen LogP contribution in [0.5, 0.6) is 0 Å². The summed E-state index contributed by atoms with van der Waals surface area (Å²) in [6.45, 7) is 3.22. The van der Waals surface area contributed by atoms with Crippen molar-refractivity contribution >= 4 is 29.9 Å². The number of aliphatic hydroxyl groups is 1. The van der Waals surface area contributed by atoms with Gasteiger partial charge in [-0.25, -0.2) is 0 Å². The molecule has 1 aliphatic carbocycles.